The number of nitriles is 1. The van der Waals surface area contributed by atoms with Crippen molar-refractivity contribution in [1.29, 1.82) is 5.26 Å². The van der Waals surface area contributed by atoms with Gasteiger partial charge < -0.3 is 9.30 Å². The van der Waals surface area contributed by atoms with Crippen molar-refractivity contribution in [3.05, 3.63) is 65.1 Å². The molecule has 3 rings (SSSR count). The first-order valence-corrected chi connectivity index (χ1v) is 6.98. The van der Waals surface area contributed by atoms with E-state index in [4.69, 9.17) is 4.74 Å². The molecule has 0 saturated carbocycles. The minimum Gasteiger partial charge on any atom is -0.497 e. The van der Waals surface area contributed by atoms with Crippen LogP contribution in [0.2, 0.25) is 0 Å². The highest BCUT2D eigenvalue weighted by Crippen LogP contribution is 2.27. The maximum Gasteiger partial charge on any atom is 0.123 e. The number of hydrogen-bond donors (Lipinski definition) is 0. The Balaban J connectivity index is 2.16. The van der Waals surface area contributed by atoms with E-state index in [1.165, 1.54) is 12.1 Å². The molecule has 112 valence electrons. The van der Waals surface area contributed by atoms with Crippen molar-refractivity contribution in [2.24, 2.45) is 7.05 Å². The Morgan fingerprint density at radius 1 is 1.09 bits per heavy atom. The molecule has 0 aliphatic rings. The lowest BCUT2D eigenvalue weighted by Gasteiger charge is -2.01. The third kappa shape index (κ3) is 2.63. The summed E-state index contributed by atoms with van der Waals surface area (Å²) in [5, 5.41) is 10.3. The minimum absolute atomic E-state index is 0.301. The fourth-order valence-corrected chi connectivity index (χ4v) is 2.47. The third-order valence-electron chi connectivity index (χ3n) is 3.69. The predicted molar refractivity (Wildman–Crippen MR) is 86.6 cm³/mol. The maximum atomic E-state index is 12.9. The number of methoxy groups -OCH3 is 1. The lowest BCUT2D eigenvalue weighted by atomic mass is 10.1. The van der Waals surface area contributed by atoms with Crippen molar-refractivity contribution in [2.75, 3.05) is 7.11 Å². The van der Waals surface area contributed by atoms with Gasteiger partial charge in [-0.2, -0.15) is 5.26 Å². The molecule has 0 N–H and O–H groups in total. The molecule has 2 aromatic carbocycles. The van der Waals surface area contributed by atoms with Crippen molar-refractivity contribution in [1.82, 2.24) is 4.57 Å². The average Bonchev–Trinajstić information content (AvgIpc) is 2.85. The summed E-state index contributed by atoms with van der Waals surface area (Å²) >= 11 is 0. The summed E-state index contributed by atoms with van der Waals surface area (Å²) < 4.78 is 20.0. The molecule has 0 fully saturated rings. The number of halogens is 1. The van der Waals surface area contributed by atoms with E-state index in [1.807, 2.05) is 29.8 Å². The third-order valence-corrected chi connectivity index (χ3v) is 3.69. The average molecular weight is 304 g/mol. The van der Waals surface area contributed by atoms with Crippen LogP contribution in [-0.2, 0) is 7.05 Å². The molecular weight excluding hydrogens is 291 g/mol. The summed E-state index contributed by atoms with van der Waals surface area (Å²) in [4.78, 5) is 0. The second-order valence-electron chi connectivity index (χ2n) is 5.03. The highest BCUT2D eigenvalue weighted by Gasteiger charge is 2.14. The van der Waals surface area contributed by atoms with Gasteiger partial charge in [0, 0.05) is 24.1 Å². The number of aromatic nitrogens is 1. The van der Waals surface area contributed by atoms with Crippen LogP contribution in [0.15, 0.2) is 42.5 Å². The summed E-state index contributed by atoms with van der Waals surface area (Å²) in [6.07, 6.45) is 0. The fraction of sp³-hybridized carbons (Fsp3) is 0.105. The first-order chi connectivity index (χ1) is 11.1. The van der Waals surface area contributed by atoms with Crippen molar-refractivity contribution in [2.45, 2.75) is 0 Å². The van der Waals surface area contributed by atoms with E-state index in [0.29, 0.717) is 16.8 Å². The summed E-state index contributed by atoms with van der Waals surface area (Å²) in [5.74, 6) is 6.42. The van der Waals surface area contributed by atoms with Crippen LogP contribution in [0.25, 0.3) is 10.9 Å². The Morgan fingerprint density at radius 3 is 2.48 bits per heavy atom. The first kappa shape index (κ1) is 14.7. The Hall–Kier alpha value is -3.24. The smallest absolute Gasteiger partial charge is 0.123 e. The van der Waals surface area contributed by atoms with Gasteiger partial charge in [-0.3, -0.25) is 0 Å². The van der Waals surface area contributed by atoms with Gasteiger partial charge in [-0.25, -0.2) is 4.39 Å². The lowest BCUT2D eigenvalue weighted by molar-refractivity contribution is 0.415. The summed E-state index contributed by atoms with van der Waals surface area (Å²) in [7, 11) is 3.46. The van der Waals surface area contributed by atoms with E-state index in [2.05, 4.69) is 17.9 Å². The highest BCUT2D eigenvalue weighted by molar-refractivity contribution is 5.90. The minimum atomic E-state index is -0.301. The van der Waals surface area contributed by atoms with Gasteiger partial charge in [0.1, 0.15) is 23.3 Å². The van der Waals surface area contributed by atoms with E-state index in [-0.39, 0.29) is 5.82 Å². The van der Waals surface area contributed by atoms with Gasteiger partial charge in [0.05, 0.1) is 18.2 Å². The number of ether oxygens (including phenoxy) is 1. The SMILES string of the molecule is COc1ccc2c(C#N)c(C#Cc3ccc(F)cc3)n(C)c2c1. The van der Waals surface area contributed by atoms with Crippen LogP contribution >= 0.6 is 0 Å². The molecule has 0 bridgehead atoms. The van der Waals surface area contributed by atoms with Crippen LogP contribution in [0.5, 0.6) is 5.75 Å². The van der Waals surface area contributed by atoms with Gasteiger partial charge in [0.25, 0.3) is 0 Å². The van der Waals surface area contributed by atoms with Gasteiger partial charge in [-0.15, -0.1) is 0 Å². The summed E-state index contributed by atoms with van der Waals surface area (Å²) in [6, 6.07) is 13.7. The molecule has 0 aliphatic carbocycles. The van der Waals surface area contributed by atoms with E-state index in [0.717, 1.165) is 16.7 Å². The Kier molecular flexibility index (Phi) is 3.75. The lowest BCUT2D eigenvalue weighted by Crippen LogP contribution is -1.93. The number of hydrogen-bond acceptors (Lipinski definition) is 2. The standard InChI is InChI=1S/C19H13FN2O/c1-22-18(10-5-13-3-6-14(20)7-4-13)17(12-21)16-9-8-15(23-2)11-19(16)22/h3-4,6-9,11H,1-2H3. The van der Waals surface area contributed by atoms with E-state index in [9.17, 15) is 9.65 Å². The quantitative estimate of drug-likeness (QED) is 0.644. The normalized spacial score (nSPS) is 10.0. The molecule has 3 aromatic rings. The zero-order valence-electron chi connectivity index (χ0n) is 12.7. The number of benzene rings is 2. The van der Waals surface area contributed by atoms with Crippen molar-refractivity contribution < 1.29 is 9.13 Å². The number of aryl methyl sites for hydroxylation is 1. The topological polar surface area (TPSA) is 37.9 Å². The van der Waals surface area contributed by atoms with Gasteiger partial charge in [-0.05, 0) is 42.3 Å². The Bertz CT molecular complexity index is 983. The van der Waals surface area contributed by atoms with Gasteiger partial charge >= 0.3 is 0 Å². The Morgan fingerprint density at radius 2 is 1.83 bits per heavy atom. The number of nitrogens with zero attached hydrogens (tertiary/aromatic N) is 2. The molecule has 0 amide bonds. The Labute approximate surface area is 133 Å². The molecule has 0 radical (unpaired) electrons. The molecule has 0 unspecified atom stereocenters. The second-order valence-corrected chi connectivity index (χ2v) is 5.03. The van der Waals surface area contributed by atoms with Crippen LogP contribution < -0.4 is 4.74 Å². The number of rotatable bonds is 1. The molecule has 23 heavy (non-hydrogen) atoms. The van der Waals surface area contributed by atoms with Crippen molar-refractivity contribution >= 4 is 10.9 Å². The molecule has 0 spiro atoms. The van der Waals surface area contributed by atoms with Crippen LogP contribution in [0.4, 0.5) is 4.39 Å². The summed E-state index contributed by atoms with van der Waals surface area (Å²) in [5.41, 5.74) is 2.72. The molecular formula is C19H13FN2O. The largest absolute Gasteiger partial charge is 0.497 e. The number of fused-ring (bicyclic) bond motifs is 1. The molecule has 1 aromatic heterocycles. The first-order valence-electron chi connectivity index (χ1n) is 6.98. The molecule has 0 saturated heterocycles. The van der Waals surface area contributed by atoms with Crippen LogP contribution in [0.1, 0.15) is 16.8 Å². The highest BCUT2D eigenvalue weighted by atomic mass is 19.1. The van der Waals surface area contributed by atoms with Crippen molar-refractivity contribution in [3.8, 4) is 23.7 Å². The van der Waals surface area contributed by atoms with E-state index < -0.39 is 0 Å². The monoisotopic (exact) mass is 304 g/mol. The maximum absolute atomic E-state index is 12.9. The van der Waals surface area contributed by atoms with Crippen LogP contribution in [-0.4, -0.2) is 11.7 Å². The van der Waals surface area contributed by atoms with Gasteiger partial charge in [-0.1, -0.05) is 5.92 Å². The molecule has 3 nitrogen and oxygen atoms in total. The van der Waals surface area contributed by atoms with Crippen molar-refractivity contribution in [3.63, 3.8) is 0 Å². The van der Waals surface area contributed by atoms with Crippen LogP contribution in [0.3, 0.4) is 0 Å². The molecule has 1 heterocycles. The molecule has 4 heteroatoms. The summed E-state index contributed by atoms with van der Waals surface area (Å²) in [6.45, 7) is 0. The molecule has 0 aliphatic heterocycles. The van der Waals surface area contributed by atoms with E-state index >= 15 is 0 Å². The zero-order chi connectivity index (χ0) is 16.4. The van der Waals surface area contributed by atoms with Gasteiger partial charge in [0.2, 0.25) is 0 Å². The zero-order valence-corrected chi connectivity index (χ0v) is 12.7. The van der Waals surface area contributed by atoms with Crippen LogP contribution in [0, 0.1) is 29.0 Å². The van der Waals surface area contributed by atoms with Gasteiger partial charge in [0.15, 0.2) is 0 Å². The predicted octanol–water partition coefficient (Wildman–Crippen LogP) is 3.60. The fourth-order valence-electron chi connectivity index (χ4n) is 2.47. The van der Waals surface area contributed by atoms with E-state index in [1.54, 1.807) is 19.2 Å². The second kappa shape index (κ2) is 5.87. The molecule has 0 atom stereocenters.